The van der Waals surface area contributed by atoms with E-state index >= 15 is 0 Å². The van der Waals surface area contributed by atoms with Crippen LogP contribution >= 0.6 is 0 Å². The zero-order valence-electron chi connectivity index (χ0n) is 23.9. The van der Waals surface area contributed by atoms with Crippen molar-refractivity contribution in [1.82, 2.24) is 10.2 Å². The summed E-state index contributed by atoms with van der Waals surface area (Å²) in [6, 6.07) is 20.9. The normalized spacial score (nSPS) is 13.8. The Labute approximate surface area is 242 Å². The SMILES string of the molecule is CCC(C)NC(=O)C(Cc1ccccc1)N(Cc1ccc(C)cc1)C(=O)CN(c1ccc2c(c1)OCO2)S(C)(=O)=O. The highest BCUT2D eigenvalue weighted by molar-refractivity contribution is 7.92. The number of rotatable bonds is 12. The molecule has 0 aromatic heterocycles. The van der Waals surface area contributed by atoms with Crippen LogP contribution in [0.5, 0.6) is 11.5 Å². The van der Waals surface area contributed by atoms with Crippen LogP contribution in [0.4, 0.5) is 5.69 Å². The quantitative estimate of drug-likeness (QED) is 0.347. The number of ether oxygens (including phenoxy) is 2. The van der Waals surface area contributed by atoms with E-state index in [4.69, 9.17) is 9.47 Å². The molecule has 0 aliphatic carbocycles. The Balaban J connectivity index is 1.72. The minimum atomic E-state index is -3.88. The third-order valence-corrected chi connectivity index (χ3v) is 8.21. The summed E-state index contributed by atoms with van der Waals surface area (Å²) in [5, 5.41) is 3.03. The number of carbonyl (C=O) groups is 2. The highest BCUT2D eigenvalue weighted by Crippen LogP contribution is 2.36. The van der Waals surface area contributed by atoms with Crippen LogP contribution in [0, 0.1) is 6.92 Å². The maximum Gasteiger partial charge on any atom is 0.244 e. The van der Waals surface area contributed by atoms with Gasteiger partial charge in [-0.25, -0.2) is 8.42 Å². The zero-order chi connectivity index (χ0) is 29.6. The largest absolute Gasteiger partial charge is 0.454 e. The fourth-order valence-corrected chi connectivity index (χ4v) is 5.38. The molecule has 0 spiro atoms. The molecule has 41 heavy (non-hydrogen) atoms. The predicted molar refractivity (Wildman–Crippen MR) is 158 cm³/mol. The number of fused-ring (bicyclic) bond motifs is 1. The van der Waals surface area contributed by atoms with E-state index in [9.17, 15) is 18.0 Å². The maximum atomic E-state index is 14.2. The minimum Gasteiger partial charge on any atom is -0.454 e. The molecule has 3 aromatic rings. The van der Waals surface area contributed by atoms with E-state index < -0.39 is 28.5 Å². The minimum absolute atomic E-state index is 0.0351. The molecule has 3 aromatic carbocycles. The molecule has 0 fully saturated rings. The van der Waals surface area contributed by atoms with Gasteiger partial charge in [-0.05, 0) is 43.5 Å². The number of anilines is 1. The van der Waals surface area contributed by atoms with Gasteiger partial charge in [0.15, 0.2) is 11.5 Å². The summed E-state index contributed by atoms with van der Waals surface area (Å²) in [5.41, 5.74) is 3.04. The second kappa shape index (κ2) is 13.1. The molecule has 1 heterocycles. The van der Waals surface area contributed by atoms with Crippen molar-refractivity contribution in [3.8, 4) is 11.5 Å². The van der Waals surface area contributed by atoms with Gasteiger partial charge >= 0.3 is 0 Å². The molecule has 0 saturated heterocycles. The molecule has 2 amide bonds. The summed E-state index contributed by atoms with van der Waals surface area (Å²) in [6.45, 7) is 5.53. The van der Waals surface area contributed by atoms with Gasteiger partial charge in [-0.15, -0.1) is 0 Å². The van der Waals surface area contributed by atoms with Gasteiger partial charge in [0.05, 0.1) is 11.9 Å². The van der Waals surface area contributed by atoms with Gasteiger partial charge in [-0.2, -0.15) is 0 Å². The molecular weight excluding hydrogens is 542 g/mol. The fraction of sp³-hybridized carbons (Fsp3) is 0.355. The Morgan fingerprint density at radius 2 is 1.63 bits per heavy atom. The smallest absolute Gasteiger partial charge is 0.244 e. The van der Waals surface area contributed by atoms with Crippen molar-refractivity contribution in [2.45, 2.75) is 52.2 Å². The Hall–Kier alpha value is -4.05. The zero-order valence-corrected chi connectivity index (χ0v) is 24.7. The van der Waals surface area contributed by atoms with Crippen LogP contribution in [-0.2, 0) is 32.6 Å². The topological polar surface area (TPSA) is 105 Å². The van der Waals surface area contributed by atoms with Gasteiger partial charge < -0.3 is 19.7 Å². The van der Waals surface area contributed by atoms with E-state index in [1.54, 1.807) is 12.1 Å². The average Bonchev–Trinajstić information content (AvgIpc) is 3.42. The van der Waals surface area contributed by atoms with Gasteiger partial charge in [0, 0.05) is 25.1 Å². The van der Waals surface area contributed by atoms with E-state index in [1.165, 1.54) is 11.0 Å². The number of carbonyl (C=O) groups excluding carboxylic acids is 2. The maximum absolute atomic E-state index is 14.2. The summed E-state index contributed by atoms with van der Waals surface area (Å²) in [5.74, 6) is 0.0979. The molecule has 4 rings (SSSR count). The highest BCUT2D eigenvalue weighted by atomic mass is 32.2. The van der Waals surface area contributed by atoms with Gasteiger partial charge in [-0.1, -0.05) is 67.1 Å². The van der Waals surface area contributed by atoms with Crippen LogP contribution in [0.3, 0.4) is 0 Å². The van der Waals surface area contributed by atoms with Gasteiger partial charge in [0.2, 0.25) is 28.6 Å². The van der Waals surface area contributed by atoms with Crippen molar-refractivity contribution in [3.63, 3.8) is 0 Å². The molecule has 0 saturated carbocycles. The van der Waals surface area contributed by atoms with E-state index in [2.05, 4.69) is 5.32 Å². The lowest BCUT2D eigenvalue weighted by Crippen LogP contribution is -2.54. The van der Waals surface area contributed by atoms with Gasteiger partial charge in [-0.3, -0.25) is 13.9 Å². The molecule has 1 aliphatic heterocycles. The molecule has 1 aliphatic rings. The number of benzene rings is 3. The highest BCUT2D eigenvalue weighted by Gasteiger charge is 2.33. The second-order valence-electron chi connectivity index (χ2n) is 10.3. The number of nitrogens with zero attached hydrogens (tertiary/aromatic N) is 2. The fourth-order valence-electron chi connectivity index (χ4n) is 4.54. The summed E-state index contributed by atoms with van der Waals surface area (Å²) in [6.07, 6.45) is 2.04. The molecular formula is C31H37N3O6S. The third-order valence-electron chi connectivity index (χ3n) is 7.07. The molecule has 0 radical (unpaired) electrons. The lowest BCUT2D eigenvalue weighted by molar-refractivity contribution is -0.140. The number of sulfonamides is 1. The number of hydrogen-bond acceptors (Lipinski definition) is 6. The lowest BCUT2D eigenvalue weighted by Gasteiger charge is -2.34. The van der Waals surface area contributed by atoms with Crippen molar-refractivity contribution in [2.75, 3.05) is 23.9 Å². The second-order valence-corrected chi connectivity index (χ2v) is 12.2. The van der Waals surface area contributed by atoms with Crippen LogP contribution in [0.2, 0.25) is 0 Å². The van der Waals surface area contributed by atoms with E-state index in [-0.39, 0.29) is 37.4 Å². The van der Waals surface area contributed by atoms with Crippen molar-refractivity contribution in [3.05, 3.63) is 89.5 Å². The van der Waals surface area contributed by atoms with Crippen LogP contribution in [0.1, 0.15) is 37.0 Å². The molecule has 218 valence electrons. The van der Waals surface area contributed by atoms with E-state index in [1.807, 2.05) is 75.4 Å². The Morgan fingerprint density at radius 1 is 0.951 bits per heavy atom. The molecule has 2 atom stereocenters. The number of nitrogens with one attached hydrogen (secondary N) is 1. The number of hydrogen-bond donors (Lipinski definition) is 1. The van der Waals surface area contributed by atoms with Gasteiger partial charge in [0.1, 0.15) is 12.6 Å². The summed E-state index contributed by atoms with van der Waals surface area (Å²) >= 11 is 0. The summed E-state index contributed by atoms with van der Waals surface area (Å²) < 4.78 is 37.8. The molecule has 10 heteroatoms. The van der Waals surface area contributed by atoms with Crippen molar-refractivity contribution in [1.29, 1.82) is 0 Å². The van der Waals surface area contributed by atoms with E-state index in [0.717, 1.165) is 33.7 Å². The lowest BCUT2D eigenvalue weighted by atomic mass is 10.0. The monoisotopic (exact) mass is 579 g/mol. The van der Waals surface area contributed by atoms with Crippen LogP contribution < -0.4 is 19.1 Å². The van der Waals surface area contributed by atoms with Crippen molar-refractivity contribution < 1.29 is 27.5 Å². The van der Waals surface area contributed by atoms with Crippen LogP contribution in [0.15, 0.2) is 72.8 Å². The number of amides is 2. The molecule has 1 N–H and O–H groups in total. The Morgan fingerprint density at radius 3 is 2.29 bits per heavy atom. The molecule has 0 bridgehead atoms. The van der Waals surface area contributed by atoms with Crippen molar-refractivity contribution in [2.24, 2.45) is 0 Å². The summed E-state index contributed by atoms with van der Waals surface area (Å²) in [4.78, 5) is 29.4. The Bertz CT molecular complexity index is 1460. The molecule has 9 nitrogen and oxygen atoms in total. The van der Waals surface area contributed by atoms with Crippen LogP contribution in [-0.4, -0.2) is 56.8 Å². The standard InChI is InChI=1S/C31H37N3O6S/c1-5-23(3)32-31(36)27(17-24-9-7-6-8-10-24)33(19-25-13-11-22(2)12-14-25)30(35)20-34(41(4,37)38)26-15-16-28-29(18-26)40-21-39-28/h6-16,18,23,27H,5,17,19-21H2,1-4H3,(H,32,36). The summed E-state index contributed by atoms with van der Waals surface area (Å²) in [7, 11) is -3.88. The predicted octanol–water partition coefficient (Wildman–Crippen LogP) is 4.04. The van der Waals surface area contributed by atoms with E-state index in [0.29, 0.717) is 11.5 Å². The first-order valence-electron chi connectivity index (χ1n) is 13.6. The number of aryl methyl sites for hydroxylation is 1. The first-order valence-corrected chi connectivity index (χ1v) is 15.5. The Kier molecular flexibility index (Phi) is 9.54. The third kappa shape index (κ3) is 7.79. The van der Waals surface area contributed by atoms with Gasteiger partial charge in [0.25, 0.3) is 0 Å². The average molecular weight is 580 g/mol. The first kappa shape index (κ1) is 29.9. The van der Waals surface area contributed by atoms with Crippen molar-refractivity contribution >= 4 is 27.5 Å². The van der Waals surface area contributed by atoms with Crippen LogP contribution in [0.25, 0.3) is 0 Å². The first-order chi connectivity index (χ1) is 19.5. The molecule has 2 unspecified atom stereocenters.